The number of nitrogens with one attached hydrogen (secondary N) is 1. The minimum atomic E-state index is -0.638. The van der Waals surface area contributed by atoms with Crippen LogP contribution in [0.4, 0.5) is 0 Å². The summed E-state index contributed by atoms with van der Waals surface area (Å²) in [7, 11) is 0. The maximum absolute atomic E-state index is 12.2. The lowest BCUT2D eigenvalue weighted by Crippen LogP contribution is -2.39. The van der Waals surface area contributed by atoms with Crippen molar-refractivity contribution >= 4 is 11.9 Å². The third-order valence-corrected chi connectivity index (χ3v) is 5.76. The van der Waals surface area contributed by atoms with E-state index < -0.39 is 6.04 Å². The Labute approximate surface area is 190 Å². The minimum Gasteiger partial charge on any atom is -0.464 e. The van der Waals surface area contributed by atoms with E-state index >= 15 is 0 Å². The van der Waals surface area contributed by atoms with Gasteiger partial charge in [-0.05, 0) is 32.4 Å². The molecule has 4 heteroatoms. The van der Waals surface area contributed by atoms with E-state index in [1.807, 2.05) is 19.1 Å². The van der Waals surface area contributed by atoms with Crippen molar-refractivity contribution in [2.75, 3.05) is 6.61 Å². The van der Waals surface area contributed by atoms with Crippen molar-refractivity contribution in [3.8, 4) is 0 Å². The van der Waals surface area contributed by atoms with E-state index in [1.165, 1.54) is 77.0 Å². The first kappa shape index (κ1) is 27.2. The van der Waals surface area contributed by atoms with Crippen molar-refractivity contribution in [2.45, 2.75) is 117 Å². The van der Waals surface area contributed by atoms with Gasteiger partial charge in [0.2, 0.25) is 0 Å². The number of benzene rings is 1. The number of rotatable bonds is 18. The molecule has 0 saturated heterocycles. The van der Waals surface area contributed by atoms with Crippen LogP contribution in [0.15, 0.2) is 24.3 Å². The molecule has 1 unspecified atom stereocenters. The third-order valence-electron chi connectivity index (χ3n) is 5.76. The monoisotopic (exact) mass is 431 g/mol. The number of ether oxygens (including phenoxy) is 1. The topological polar surface area (TPSA) is 55.4 Å². The van der Waals surface area contributed by atoms with Gasteiger partial charge in [-0.1, -0.05) is 108 Å². The molecule has 31 heavy (non-hydrogen) atoms. The summed E-state index contributed by atoms with van der Waals surface area (Å²) in [5.74, 6) is -0.615. The zero-order valence-corrected chi connectivity index (χ0v) is 20.2. The fraction of sp³-hybridized carbons (Fsp3) is 0.704. The molecular formula is C27H45NO3. The zero-order chi connectivity index (χ0) is 22.7. The van der Waals surface area contributed by atoms with Crippen molar-refractivity contribution < 1.29 is 14.3 Å². The molecule has 1 aromatic rings. The number of hydrogen-bond donors (Lipinski definition) is 1. The summed E-state index contributed by atoms with van der Waals surface area (Å²) in [6.45, 7) is 6.34. The quantitative estimate of drug-likeness (QED) is 0.198. The van der Waals surface area contributed by atoms with E-state index in [2.05, 4.69) is 12.2 Å². The van der Waals surface area contributed by atoms with Crippen LogP contribution in [0, 0.1) is 6.92 Å². The van der Waals surface area contributed by atoms with Gasteiger partial charge in [0.15, 0.2) is 0 Å². The first-order valence-corrected chi connectivity index (χ1v) is 12.6. The summed E-state index contributed by atoms with van der Waals surface area (Å²) in [5.41, 5.74) is 1.65. The number of amides is 1. The molecule has 1 amide bonds. The van der Waals surface area contributed by atoms with Crippen LogP contribution in [0.25, 0.3) is 0 Å². The van der Waals surface area contributed by atoms with Gasteiger partial charge in [-0.15, -0.1) is 0 Å². The van der Waals surface area contributed by atoms with Crippen molar-refractivity contribution in [3.05, 3.63) is 35.4 Å². The molecule has 0 bridgehead atoms. The van der Waals surface area contributed by atoms with Crippen LogP contribution in [-0.2, 0) is 9.53 Å². The normalized spacial score (nSPS) is 11.8. The Morgan fingerprint density at radius 1 is 0.774 bits per heavy atom. The maximum Gasteiger partial charge on any atom is 0.328 e. The SMILES string of the molecule is CCCCCCCCCCCCCCCCOC(=O)C(C)NC(=O)c1ccc(C)cc1. The lowest BCUT2D eigenvalue weighted by atomic mass is 10.0. The molecule has 0 radical (unpaired) electrons. The van der Waals surface area contributed by atoms with Gasteiger partial charge >= 0.3 is 5.97 Å². The van der Waals surface area contributed by atoms with E-state index in [0.717, 1.165) is 18.4 Å². The molecule has 176 valence electrons. The number of hydrogen-bond acceptors (Lipinski definition) is 3. The second-order valence-electron chi connectivity index (χ2n) is 8.82. The Balaban J connectivity index is 1.94. The van der Waals surface area contributed by atoms with Gasteiger partial charge in [-0.3, -0.25) is 4.79 Å². The summed E-state index contributed by atoms with van der Waals surface area (Å²) in [6.07, 6.45) is 18.2. The standard InChI is InChI=1S/C27H45NO3/c1-4-5-6-7-8-9-10-11-12-13-14-15-16-17-22-31-27(30)24(3)28-26(29)25-20-18-23(2)19-21-25/h18-21,24H,4-17,22H2,1-3H3,(H,28,29). The number of carbonyl (C=O) groups excluding carboxylic acids is 2. The summed E-state index contributed by atoms with van der Waals surface area (Å²) in [6, 6.07) is 6.65. The predicted molar refractivity (Wildman–Crippen MR) is 129 cm³/mol. The Morgan fingerprint density at radius 2 is 1.23 bits per heavy atom. The average molecular weight is 432 g/mol. The van der Waals surface area contributed by atoms with Gasteiger partial charge in [0.25, 0.3) is 5.91 Å². The van der Waals surface area contributed by atoms with Crippen molar-refractivity contribution in [1.29, 1.82) is 0 Å². The summed E-state index contributed by atoms with van der Waals surface area (Å²) >= 11 is 0. The Bertz CT molecular complexity index is 597. The van der Waals surface area contributed by atoms with E-state index in [-0.39, 0.29) is 11.9 Å². The largest absolute Gasteiger partial charge is 0.464 e. The first-order chi connectivity index (χ1) is 15.0. The van der Waals surface area contributed by atoms with Crippen LogP contribution in [0.1, 0.15) is 120 Å². The van der Waals surface area contributed by atoms with Gasteiger partial charge in [0.1, 0.15) is 6.04 Å². The molecule has 1 aromatic carbocycles. The van der Waals surface area contributed by atoms with Gasteiger partial charge < -0.3 is 10.1 Å². The first-order valence-electron chi connectivity index (χ1n) is 12.6. The maximum atomic E-state index is 12.2. The van der Waals surface area contributed by atoms with Crippen LogP contribution >= 0.6 is 0 Å². The fourth-order valence-electron chi connectivity index (χ4n) is 3.64. The number of aryl methyl sites for hydroxylation is 1. The zero-order valence-electron chi connectivity index (χ0n) is 20.2. The molecule has 1 rings (SSSR count). The third kappa shape index (κ3) is 14.0. The van der Waals surface area contributed by atoms with Gasteiger partial charge in [-0.2, -0.15) is 0 Å². The molecule has 4 nitrogen and oxygen atoms in total. The molecule has 1 atom stereocenters. The molecule has 0 saturated carbocycles. The summed E-state index contributed by atoms with van der Waals surface area (Å²) < 4.78 is 5.31. The molecule has 1 N–H and O–H groups in total. The predicted octanol–water partition coefficient (Wildman–Crippen LogP) is 7.14. The average Bonchev–Trinajstić information content (AvgIpc) is 2.76. The van der Waals surface area contributed by atoms with Crippen LogP contribution < -0.4 is 5.32 Å². The van der Waals surface area contributed by atoms with Crippen molar-refractivity contribution in [1.82, 2.24) is 5.32 Å². The van der Waals surface area contributed by atoms with E-state index in [9.17, 15) is 9.59 Å². The second kappa shape index (κ2) is 17.8. The summed E-state index contributed by atoms with van der Waals surface area (Å²) in [5, 5.41) is 2.70. The number of esters is 1. The fourth-order valence-corrected chi connectivity index (χ4v) is 3.64. The molecule has 0 spiro atoms. The van der Waals surface area contributed by atoms with E-state index in [4.69, 9.17) is 4.74 Å². The highest BCUT2D eigenvalue weighted by Gasteiger charge is 2.17. The van der Waals surface area contributed by atoms with Crippen LogP contribution in [0.5, 0.6) is 0 Å². The van der Waals surface area contributed by atoms with Crippen LogP contribution in [0.3, 0.4) is 0 Å². The van der Waals surface area contributed by atoms with E-state index in [1.54, 1.807) is 19.1 Å². The second-order valence-corrected chi connectivity index (χ2v) is 8.82. The lowest BCUT2D eigenvalue weighted by molar-refractivity contribution is -0.145. The summed E-state index contributed by atoms with van der Waals surface area (Å²) in [4.78, 5) is 24.2. The Hall–Kier alpha value is -1.84. The van der Waals surface area contributed by atoms with Crippen LogP contribution in [-0.4, -0.2) is 24.5 Å². The Morgan fingerprint density at radius 3 is 1.71 bits per heavy atom. The molecule has 0 aliphatic carbocycles. The molecular weight excluding hydrogens is 386 g/mol. The van der Waals surface area contributed by atoms with Crippen molar-refractivity contribution in [2.24, 2.45) is 0 Å². The highest BCUT2D eigenvalue weighted by atomic mass is 16.5. The van der Waals surface area contributed by atoms with E-state index in [0.29, 0.717) is 12.2 Å². The highest BCUT2D eigenvalue weighted by Crippen LogP contribution is 2.13. The highest BCUT2D eigenvalue weighted by molar-refractivity contribution is 5.96. The van der Waals surface area contributed by atoms with Crippen molar-refractivity contribution in [3.63, 3.8) is 0 Å². The minimum absolute atomic E-state index is 0.249. The molecule has 0 aliphatic rings. The lowest BCUT2D eigenvalue weighted by Gasteiger charge is -2.13. The van der Waals surface area contributed by atoms with Crippen LogP contribution in [0.2, 0.25) is 0 Å². The Kier molecular flexibility index (Phi) is 15.6. The van der Waals surface area contributed by atoms with Gasteiger partial charge in [0, 0.05) is 5.56 Å². The van der Waals surface area contributed by atoms with Gasteiger partial charge in [0.05, 0.1) is 6.61 Å². The molecule has 0 aliphatic heterocycles. The molecule has 0 aromatic heterocycles. The number of unbranched alkanes of at least 4 members (excludes halogenated alkanes) is 13. The van der Waals surface area contributed by atoms with Gasteiger partial charge in [-0.25, -0.2) is 4.79 Å². The molecule has 0 fully saturated rings. The number of carbonyl (C=O) groups is 2. The smallest absolute Gasteiger partial charge is 0.328 e. The molecule has 0 heterocycles.